The third-order valence-corrected chi connectivity index (χ3v) is 13.5. The number of halogens is 2. The maximum atomic E-state index is 13.6. The van der Waals surface area contributed by atoms with Gasteiger partial charge >= 0.3 is 0 Å². The smallest absolute Gasteiger partial charge is 0.227 e. The van der Waals surface area contributed by atoms with E-state index in [2.05, 4.69) is 96.1 Å². The molecule has 4 saturated heterocycles. The van der Waals surface area contributed by atoms with Crippen LogP contribution in [0.2, 0.25) is 0 Å². The number of piperazine rings is 2. The third-order valence-electron chi connectivity index (χ3n) is 13.5. The molecule has 0 saturated carbocycles. The number of nitrogens with zero attached hydrogens (tertiary/aromatic N) is 16. The molecule has 18 nitrogen and oxygen atoms in total. The summed E-state index contributed by atoms with van der Waals surface area (Å²) in [6.07, 6.45) is 9.42. The monoisotopic (exact) mass is 975 g/mol. The molecule has 20 heteroatoms. The van der Waals surface area contributed by atoms with Gasteiger partial charge in [-0.25, -0.2) is 38.7 Å². The Morgan fingerprint density at radius 2 is 0.944 bits per heavy atom. The van der Waals surface area contributed by atoms with Crippen LogP contribution in [-0.2, 0) is 13.1 Å². The fourth-order valence-electron chi connectivity index (χ4n) is 9.27. The van der Waals surface area contributed by atoms with Crippen LogP contribution in [0.1, 0.15) is 49.2 Å². The van der Waals surface area contributed by atoms with Crippen molar-refractivity contribution >= 4 is 34.9 Å². The lowest BCUT2D eigenvalue weighted by atomic mass is 10.1. The first kappa shape index (κ1) is 49.6. The van der Waals surface area contributed by atoms with Crippen LogP contribution in [0.15, 0.2) is 85.7 Å². The number of anilines is 6. The lowest BCUT2D eigenvalue weighted by Crippen LogP contribution is -2.45. The highest BCUT2D eigenvalue weighted by atomic mass is 19.1. The Kier molecular flexibility index (Phi) is 16.3. The van der Waals surface area contributed by atoms with Crippen molar-refractivity contribution in [3.05, 3.63) is 108 Å². The quantitative estimate of drug-likeness (QED) is 0.121. The lowest BCUT2D eigenvalue weighted by molar-refractivity contribution is 0.131. The molecule has 0 radical (unpaired) electrons. The van der Waals surface area contributed by atoms with E-state index < -0.39 is 12.3 Å². The molecule has 4 aliphatic rings. The Labute approximate surface area is 419 Å². The number of rotatable bonds is 14. The summed E-state index contributed by atoms with van der Waals surface area (Å²) in [7, 11) is 0. The van der Waals surface area contributed by atoms with Gasteiger partial charge in [-0.1, -0.05) is 13.8 Å². The van der Waals surface area contributed by atoms with Crippen molar-refractivity contribution in [3.8, 4) is 34.7 Å². The zero-order valence-electron chi connectivity index (χ0n) is 40.9. The molecule has 0 aliphatic carbocycles. The van der Waals surface area contributed by atoms with E-state index in [1.54, 1.807) is 61.4 Å². The van der Waals surface area contributed by atoms with Gasteiger partial charge in [0.2, 0.25) is 11.9 Å². The summed E-state index contributed by atoms with van der Waals surface area (Å²) in [5.74, 6) is 1.90. The molecular weight excluding hydrogens is 915 g/mol. The second-order valence-electron chi connectivity index (χ2n) is 18.4. The van der Waals surface area contributed by atoms with Crippen molar-refractivity contribution in [2.45, 2.75) is 52.1 Å². The highest BCUT2D eigenvalue weighted by Gasteiger charge is 2.27. The topological polar surface area (TPSA) is 194 Å². The summed E-state index contributed by atoms with van der Waals surface area (Å²) in [6.45, 7) is 18.7. The first-order chi connectivity index (χ1) is 35.2. The number of aromatic nitrogens is 8. The molecule has 0 bridgehead atoms. The number of hydrogen-bond donors (Lipinski definition) is 2. The number of likely N-dealkylation sites (N-methyl/N-ethyl adjacent to an activating group) is 2. The van der Waals surface area contributed by atoms with Crippen LogP contribution in [-0.4, -0.2) is 163 Å². The summed E-state index contributed by atoms with van der Waals surface area (Å²) in [6, 6.07) is 19.5. The molecule has 0 unspecified atom stereocenters. The van der Waals surface area contributed by atoms with Gasteiger partial charge in [-0.2, -0.15) is 10.5 Å². The van der Waals surface area contributed by atoms with Crippen molar-refractivity contribution in [2.24, 2.45) is 0 Å². The van der Waals surface area contributed by atoms with E-state index in [-0.39, 0.29) is 13.1 Å². The van der Waals surface area contributed by atoms with Gasteiger partial charge in [0.1, 0.15) is 36.1 Å². The average molecular weight is 975 g/mol. The minimum atomic E-state index is -0.881. The Morgan fingerprint density at radius 3 is 1.29 bits per heavy atom. The number of pyridine rings is 4. The van der Waals surface area contributed by atoms with E-state index in [0.717, 1.165) is 101 Å². The normalized spacial score (nSPS) is 18.8. The van der Waals surface area contributed by atoms with Crippen molar-refractivity contribution in [3.63, 3.8) is 0 Å². The molecule has 0 amide bonds. The van der Waals surface area contributed by atoms with Crippen LogP contribution in [0.4, 0.5) is 43.7 Å². The lowest BCUT2D eigenvalue weighted by Gasteiger charge is -2.33. The number of nitrogens with one attached hydrogen (secondary N) is 2. The molecule has 2 atom stereocenters. The van der Waals surface area contributed by atoms with E-state index in [1.165, 1.54) is 0 Å². The average Bonchev–Trinajstić information content (AvgIpc) is 4.07. The van der Waals surface area contributed by atoms with Crippen LogP contribution in [0.3, 0.4) is 0 Å². The fourth-order valence-corrected chi connectivity index (χ4v) is 9.27. The maximum Gasteiger partial charge on any atom is 0.227 e. The van der Waals surface area contributed by atoms with E-state index in [4.69, 9.17) is 0 Å². The predicted octanol–water partition coefficient (Wildman–Crippen LogP) is 6.47. The van der Waals surface area contributed by atoms with E-state index in [9.17, 15) is 19.3 Å². The van der Waals surface area contributed by atoms with Crippen LogP contribution in [0.25, 0.3) is 22.5 Å². The van der Waals surface area contributed by atoms with Gasteiger partial charge in [-0.05, 0) is 74.5 Å². The highest BCUT2D eigenvalue weighted by Crippen LogP contribution is 2.30. The van der Waals surface area contributed by atoms with Gasteiger partial charge in [0.05, 0.1) is 70.8 Å². The Morgan fingerprint density at radius 1 is 0.528 bits per heavy atom. The maximum absolute atomic E-state index is 13.6. The second-order valence-corrected chi connectivity index (χ2v) is 18.4. The van der Waals surface area contributed by atoms with Gasteiger partial charge in [-0.3, -0.25) is 19.8 Å². The molecule has 72 heavy (non-hydrogen) atoms. The van der Waals surface area contributed by atoms with E-state index >= 15 is 0 Å². The minimum absolute atomic E-state index is 0.269. The van der Waals surface area contributed by atoms with Crippen molar-refractivity contribution in [1.82, 2.24) is 59.5 Å². The SMILES string of the molecule is CCN1CCN(Cc2ccc(Nc3nccc(-c4cnc(N5CC[C@@H](F)C5)c(C#N)c4)n3)cn2)CC1.CCN1CCN(Cc2ccc(Nc3nccc(-c4cnc(N5CC[C@H](F)C5)c(C#N)c4)n3)cn2)CC1. The molecule has 10 heterocycles. The van der Waals surface area contributed by atoms with Gasteiger partial charge in [0, 0.05) is 114 Å². The van der Waals surface area contributed by atoms with Gasteiger partial charge < -0.3 is 30.2 Å². The molecule has 372 valence electrons. The number of nitriles is 2. The molecule has 6 aromatic heterocycles. The van der Waals surface area contributed by atoms with Crippen LogP contribution >= 0.6 is 0 Å². The Hall–Kier alpha value is -7.36. The van der Waals surface area contributed by atoms with Gasteiger partial charge in [-0.15, -0.1) is 0 Å². The molecule has 0 spiro atoms. The molecule has 6 aromatic rings. The van der Waals surface area contributed by atoms with Crippen LogP contribution in [0.5, 0.6) is 0 Å². The third kappa shape index (κ3) is 12.7. The zero-order chi connectivity index (χ0) is 49.8. The van der Waals surface area contributed by atoms with Gasteiger partial charge in [0.15, 0.2) is 0 Å². The minimum Gasteiger partial charge on any atom is -0.352 e. The van der Waals surface area contributed by atoms with Crippen LogP contribution in [0, 0.1) is 22.7 Å². The molecule has 10 rings (SSSR count). The summed E-state index contributed by atoms with van der Waals surface area (Å²) in [5, 5.41) is 25.7. The highest BCUT2D eigenvalue weighted by molar-refractivity contribution is 5.68. The Balaban J connectivity index is 0.000000178. The zero-order valence-corrected chi connectivity index (χ0v) is 40.9. The molecule has 4 aliphatic heterocycles. The first-order valence-corrected chi connectivity index (χ1v) is 24.8. The summed E-state index contributed by atoms with van der Waals surface area (Å²) >= 11 is 0. The van der Waals surface area contributed by atoms with Crippen molar-refractivity contribution < 1.29 is 8.78 Å². The number of hydrogen-bond acceptors (Lipinski definition) is 18. The largest absolute Gasteiger partial charge is 0.352 e. The Bertz CT molecular complexity index is 2630. The molecule has 4 fully saturated rings. The van der Waals surface area contributed by atoms with Crippen LogP contribution < -0.4 is 20.4 Å². The summed E-state index contributed by atoms with van der Waals surface area (Å²) in [5.41, 5.74) is 7.17. The predicted molar refractivity (Wildman–Crippen MR) is 273 cm³/mol. The first-order valence-electron chi connectivity index (χ1n) is 24.8. The van der Waals surface area contributed by atoms with Crippen molar-refractivity contribution in [1.29, 1.82) is 10.5 Å². The van der Waals surface area contributed by atoms with E-state index in [1.807, 2.05) is 34.1 Å². The van der Waals surface area contributed by atoms with Gasteiger partial charge in [0.25, 0.3) is 0 Å². The second kappa shape index (κ2) is 23.7. The molecular formula is C52H60F2N18. The molecule has 0 aromatic carbocycles. The number of alkyl halides is 2. The van der Waals surface area contributed by atoms with Crippen molar-refractivity contribution in [2.75, 3.05) is 112 Å². The summed E-state index contributed by atoms with van der Waals surface area (Å²) in [4.78, 5) is 49.4. The standard InChI is InChI=1S/2C26H30FN9/c2*1-2-34-9-11-35(12-10-34)18-23-4-3-22(16-30-23)32-26-29-7-5-24(33-26)20-13-19(14-28)25(31-15-20)36-8-6-21(27)17-36/h2*3-5,7,13,15-16,21H,2,6,8-12,17-18H2,1H3,(H,29,32,33)/t2*21-/m10/s1. The fraction of sp³-hybridized carbons (Fsp3) is 0.423. The molecule has 2 N–H and O–H groups in total. The van der Waals surface area contributed by atoms with E-state index in [0.29, 0.717) is 83.1 Å². The summed E-state index contributed by atoms with van der Waals surface area (Å²) < 4.78 is 27.3.